The normalized spacial score (nSPS) is 10.4. The summed E-state index contributed by atoms with van der Waals surface area (Å²) in [6, 6.07) is 3.33. The number of nitrogens with one attached hydrogen (secondary N) is 1. The molecule has 0 saturated heterocycles. The molecule has 1 aromatic carbocycles. The molecule has 0 unspecified atom stereocenters. The van der Waals surface area contributed by atoms with Gasteiger partial charge in [-0.3, -0.25) is 0 Å². The standard InChI is InChI=1S/C12H11BrFN3S2/c13-10-8(12(15)18)1-2-9(11(10)14)16-4-3-7-5-19-6-17-7/h1-2,5-6,16H,3-4H2,(H2,15,18). The van der Waals surface area contributed by atoms with E-state index < -0.39 is 0 Å². The van der Waals surface area contributed by atoms with Crippen molar-refractivity contribution in [3.63, 3.8) is 0 Å². The second-order valence-electron chi connectivity index (χ2n) is 3.81. The molecule has 0 saturated carbocycles. The first-order valence-corrected chi connectivity index (χ1v) is 7.62. The van der Waals surface area contributed by atoms with Crippen molar-refractivity contribution in [3.05, 3.63) is 44.6 Å². The number of aromatic nitrogens is 1. The van der Waals surface area contributed by atoms with E-state index in [0.717, 1.165) is 12.1 Å². The molecular weight excluding hydrogens is 349 g/mol. The van der Waals surface area contributed by atoms with Crippen LogP contribution < -0.4 is 11.1 Å². The first kappa shape index (κ1) is 14.4. The minimum Gasteiger partial charge on any atom is -0.389 e. The fourth-order valence-corrected chi connectivity index (χ4v) is 3.02. The van der Waals surface area contributed by atoms with Crippen molar-refractivity contribution < 1.29 is 4.39 Å². The van der Waals surface area contributed by atoms with Crippen LogP contribution in [0.4, 0.5) is 10.1 Å². The van der Waals surface area contributed by atoms with Crippen LogP contribution in [-0.2, 0) is 6.42 Å². The predicted octanol–water partition coefficient (Wildman–Crippen LogP) is 3.33. The number of rotatable bonds is 5. The maximum absolute atomic E-state index is 14.1. The highest BCUT2D eigenvalue weighted by Crippen LogP contribution is 2.27. The number of halogens is 2. The first-order valence-electron chi connectivity index (χ1n) is 5.48. The lowest BCUT2D eigenvalue weighted by atomic mass is 10.2. The Morgan fingerprint density at radius 2 is 2.32 bits per heavy atom. The summed E-state index contributed by atoms with van der Waals surface area (Å²) in [5.74, 6) is -0.386. The molecule has 0 aliphatic rings. The number of nitrogens with zero attached hydrogens (tertiary/aromatic N) is 1. The van der Waals surface area contributed by atoms with Crippen molar-refractivity contribution >= 4 is 50.2 Å². The third-order valence-corrected chi connectivity index (χ3v) is 4.16. The molecule has 2 rings (SSSR count). The Kier molecular flexibility index (Phi) is 4.84. The molecule has 0 atom stereocenters. The van der Waals surface area contributed by atoms with Crippen LogP contribution in [0.3, 0.4) is 0 Å². The number of anilines is 1. The van der Waals surface area contributed by atoms with Crippen LogP contribution >= 0.6 is 39.5 Å². The van der Waals surface area contributed by atoms with Gasteiger partial charge in [0.1, 0.15) is 4.99 Å². The Hall–Kier alpha value is -1.05. The van der Waals surface area contributed by atoms with Gasteiger partial charge in [-0.1, -0.05) is 12.2 Å². The molecule has 7 heteroatoms. The van der Waals surface area contributed by atoms with Crippen LogP contribution in [0.25, 0.3) is 0 Å². The second-order valence-corrected chi connectivity index (χ2v) is 5.76. The monoisotopic (exact) mass is 359 g/mol. The summed E-state index contributed by atoms with van der Waals surface area (Å²) in [6.07, 6.45) is 0.748. The van der Waals surface area contributed by atoms with Gasteiger partial charge >= 0.3 is 0 Å². The maximum Gasteiger partial charge on any atom is 0.161 e. The molecule has 0 bridgehead atoms. The minimum absolute atomic E-state index is 0.166. The summed E-state index contributed by atoms with van der Waals surface area (Å²) in [7, 11) is 0. The molecule has 0 aliphatic heterocycles. The zero-order valence-electron chi connectivity index (χ0n) is 9.82. The van der Waals surface area contributed by atoms with Gasteiger partial charge in [0.05, 0.1) is 21.4 Å². The smallest absolute Gasteiger partial charge is 0.161 e. The van der Waals surface area contributed by atoms with E-state index in [1.807, 2.05) is 5.38 Å². The highest BCUT2D eigenvalue weighted by Gasteiger charge is 2.12. The van der Waals surface area contributed by atoms with Crippen LogP contribution in [0.1, 0.15) is 11.3 Å². The van der Waals surface area contributed by atoms with Crippen molar-refractivity contribution in [2.24, 2.45) is 5.73 Å². The molecule has 2 aromatic rings. The molecule has 1 aromatic heterocycles. The SMILES string of the molecule is NC(=S)c1ccc(NCCc2cscn2)c(F)c1Br. The molecule has 0 amide bonds. The van der Waals surface area contributed by atoms with Gasteiger partial charge in [0.15, 0.2) is 5.82 Å². The lowest BCUT2D eigenvalue weighted by molar-refractivity contribution is 0.623. The van der Waals surface area contributed by atoms with Gasteiger partial charge in [0, 0.05) is 23.9 Å². The third kappa shape index (κ3) is 3.49. The van der Waals surface area contributed by atoms with Crippen molar-refractivity contribution in [2.45, 2.75) is 6.42 Å². The fourth-order valence-electron chi connectivity index (χ4n) is 1.56. The van der Waals surface area contributed by atoms with E-state index in [1.165, 1.54) is 0 Å². The van der Waals surface area contributed by atoms with Crippen molar-refractivity contribution in [1.29, 1.82) is 0 Å². The van der Waals surface area contributed by atoms with Gasteiger partial charge < -0.3 is 11.1 Å². The highest BCUT2D eigenvalue weighted by atomic mass is 79.9. The fraction of sp³-hybridized carbons (Fsp3) is 0.167. The van der Waals surface area contributed by atoms with Crippen LogP contribution in [-0.4, -0.2) is 16.5 Å². The molecular formula is C12H11BrFN3S2. The van der Waals surface area contributed by atoms with Crippen LogP contribution in [0.2, 0.25) is 0 Å². The summed E-state index contributed by atoms with van der Waals surface area (Å²) < 4.78 is 14.3. The Balaban J connectivity index is 2.05. The summed E-state index contributed by atoms with van der Waals surface area (Å²) in [6.45, 7) is 0.611. The Morgan fingerprint density at radius 1 is 1.53 bits per heavy atom. The number of thiazole rings is 1. The lowest BCUT2D eigenvalue weighted by Crippen LogP contribution is -2.12. The van der Waals surface area contributed by atoms with Crippen LogP contribution in [0, 0.1) is 5.82 Å². The van der Waals surface area contributed by atoms with E-state index in [-0.39, 0.29) is 10.8 Å². The Labute approximate surface area is 128 Å². The summed E-state index contributed by atoms with van der Waals surface area (Å²) in [4.78, 5) is 4.33. The molecule has 1 heterocycles. The average molecular weight is 360 g/mol. The highest BCUT2D eigenvalue weighted by molar-refractivity contribution is 9.10. The van der Waals surface area contributed by atoms with Crippen LogP contribution in [0.5, 0.6) is 0 Å². The van der Waals surface area contributed by atoms with Gasteiger partial charge in [-0.05, 0) is 28.1 Å². The first-order chi connectivity index (χ1) is 9.09. The molecule has 3 N–H and O–H groups in total. The molecule has 0 fully saturated rings. The second kappa shape index (κ2) is 6.40. The largest absolute Gasteiger partial charge is 0.389 e. The maximum atomic E-state index is 14.1. The van der Waals surface area contributed by atoms with E-state index in [2.05, 4.69) is 26.2 Å². The average Bonchev–Trinajstić information content (AvgIpc) is 2.87. The third-order valence-electron chi connectivity index (χ3n) is 2.53. The van der Waals surface area contributed by atoms with Crippen molar-refractivity contribution in [1.82, 2.24) is 4.98 Å². The number of hydrogen-bond donors (Lipinski definition) is 2. The van der Waals surface area contributed by atoms with Gasteiger partial charge in [-0.15, -0.1) is 11.3 Å². The van der Waals surface area contributed by atoms with Crippen molar-refractivity contribution in [2.75, 3.05) is 11.9 Å². The number of thiocarbonyl (C=S) groups is 1. The van der Waals surface area contributed by atoms with Gasteiger partial charge in [0.25, 0.3) is 0 Å². The summed E-state index contributed by atoms with van der Waals surface area (Å²) >= 11 is 9.56. The number of nitrogens with two attached hydrogens (primary N) is 1. The molecule has 0 spiro atoms. The quantitative estimate of drug-likeness (QED) is 0.803. The van der Waals surface area contributed by atoms with Gasteiger partial charge in [-0.2, -0.15) is 0 Å². The van der Waals surface area contributed by atoms with Gasteiger partial charge in [0.2, 0.25) is 0 Å². The van der Waals surface area contributed by atoms with E-state index >= 15 is 0 Å². The van der Waals surface area contributed by atoms with E-state index in [9.17, 15) is 4.39 Å². The van der Waals surface area contributed by atoms with Crippen molar-refractivity contribution in [3.8, 4) is 0 Å². The van der Waals surface area contributed by atoms with E-state index in [1.54, 1.807) is 29.0 Å². The molecule has 0 radical (unpaired) electrons. The topological polar surface area (TPSA) is 50.9 Å². The predicted molar refractivity (Wildman–Crippen MR) is 84.3 cm³/mol. The zero-order valence-corrected chi connectivity index (χ0v) is 13.0. The summed E-state index contributed by atoms with van der Waals surface area (Å²) in [5.41, 5.74) is 9.20. The molecule has 0 aliphatic carbocycles. The molecule has 19 heavy (non-hydrogen) atoms. The van der Waals surface area contributed by atoms with E-state index in [0.29, 0.717) is 22.3 Å². The van der Waals surface area contributed by atoms with Crippen LogP contribution in [0.15, 0.2) is 27.5 Å². The zero-order chi connectivity index (χ0) is 13.8. The Bertz CT molecular complexity index is 587. The molecule has 100 valence electrons. The van der Waals surface area contributed by atoms with Gasteiger partial charge in [-0.25, -0.2) is 9.37 Å². The Morgan fingerprint density at radius 3 is 2.95 bits per heavy atom. The number of hydrogen-bond acceptors (Lipinski definition) is 4. The summed E-state index contributed by atoms with van der Waals surface area (Å²) in [5, 5.41) is 5.01. The molecule has 3 nitrogen and oxygen atoms in total. The lowest BCUT2D eigenvalue weighted by Gasteiger charge is -2.10. The number of benzene rings is 1. The minimum atomic E-state index is -0.386. The van der Waals surface area contributed by atoms with E-state index in [4.69, 9.17) is 18.0 Å².